The van der Waals surface area contributed by atoms with Crippen LogP contribution >= 0.6 is 23.2 Å². The second-order valence-electron chi connectivity index (χ2n) is 7.81. The van der Waals surface area contributed by atoms with Crippen LogP contribution in [0.15, 0.2) is 78.9 Å². The standard InChI is InChI=1S/C26H21Cl2N3O/c27-18-6-5-7-19(16-18)30-12-14-31(15-13-30)26(32)22-17-25(21-9-1-3-10-23(21)28)29-24-11-4-2-8-20(22)24/h1-11,16-17H,12-15H2. The Bertz CT molecular complexity index is 1300. The number of nitrogens with zero attached hydrogens (tertiary/aromatic N) is 3. The van der Waals surface area contributed by atoms with Gasteiger partial charge in [0, 0.05) is 52.9 Å². The van der Waals surface area contributed by atoms with E-state index in [0.29, 0.717) is 29.4 Å². The lowest BCUT2D eigenvalue weighted by atomic mass is 10.0. The molecule has 0 radical (unpaired) electrons. The minimum atomic E-state index is 0.0163. The molecular formula is C26H21Cl2N3O. The quantitative estimate of drug-likeness (QED) is 0.365. The van der Waals surface area contributed by atoms with E-state index in [0.717, 1.165) is 40.3 Å². The Morgan fingerprint density at radius 2 is 1.56 bits per heavy atom. The molecule has 1 aliphatic heterocycles. The zero-order chi connectivity index (χ0) is 22.1. The van der Waals surface area contributed by atoms with Gasteiger partial charge in [-0.05, 0) is 36.4 Å². The number of anilines is 1. The summed E-state index contributed by atoms with van der Waals surface area (Å²) in [6, 6.07) is 25.0. The van der Waals surface area contributed by atoms with Gasteiger partial charge in [0.05, 0.1) is 16.8 Å². The molecule has 0 N–H and O–H groups in total. The fourth-order valence-electron chi connectivity index (χ4n) is 4.17. The number of amides is 1. The third-order valence-electron chi connectivity index (χ3n) is 5.84. The molecule has 3 aromatic carbocycles. The normalized spacial score (nSPS) is 14.1. The molecule has 1 aliphatic rings. The summed E-state index contributed by atoms with van der Waals surface area (Å²) < 4.78 is 0. The maximum atomic E-state index is 13.6. The summed E-state index contributed by atoms with van der Waals surface area (Å²) in [4.78, 5) is 22.6. The number of hydrogen-bond acceptors (Lipinski definition) is 3. The summed E-state index contributed by atoms with van der Waals surface area (Å²) in [6.45, 7) is 2.80. The van der Waals surface area contributed by atoms with Crippen LogP contribution in [0.2, 0.25) is 10.0 Å². The van der Waals surface area contributed by atoms with Gasteiger partial charge < -0.3 is 9.80 Å². The van der Waals surface area contributed by atoms with Crippen molar-refractivity contribution in [2.24, 2.45) is 0 Å². The molecule has 2 heterocycles. The van der Waals surface area contributed by atoms with Gasteiger partial charge in [-0.25, -0.2) is 4.98 Å². The molecule has 0 saturated carbocycles. The molecule has 1 saturated heterocycles. The Morgan fingerprint density at radius 1 is 0.812 bits per heavy atom. The molecule has 1 aromatic heterocycles. The van der Waals surface area contributed by atoms with E-state index < -0.39 is 0 Å². The van der Waals surface area contributed by atoms with Crippen molar-refractivity contribution in [1.29, 1.82) is 0 Å². The Balaban J connectivity index is 1.45. The number of pyridine rings is 1. The van der Waals surface area contributed by atoms with Crippen molar-refractivity contribution in [2.45, 2.75) is 0 Å². The highest BCUT2D eigenvalue weighted by Crippen LogP contribution is 2.30. The molecule has 1 fully saturated rings. The van der Waals surface area contributed by atoms with Crippen LogP contribution in [0.1, 0.15) is 10.4 Å². The van der Waals surface area contributed by atoms with Crippen LogP contribution in [0.25, 0.3) is 22.2 Å². The van der Waals surface area contributed by atoms with Crippen LogP contribution in [-0.4, -0.2) is 42.0 Å². The summed E-state index contributed by atoms with van der Waals surface area (Å²) in [5.74, 6) is 0.0163. The van der Waals surface area contributed by atoms with E-state index >= 15 is 0 Å². The Morgan fingerprint density at radius 3 is 2.34 bits per heavy atom. The molecule has 160 valence electrons. The van der Waals surface area contributed by atoms with E-state index in [1.165, 1.54) is 0 Å². The number of aromatic nitrogens is 1. The number of hydrogen-bond donors (Lipinski definition) is 0. The van der Waals surface area contributed by atoms with Crippen molar-refractivity contribution in [3.8, 4) is 11.3 Å². The van der Waals surface area contributed by atoms with Crippen LogP contribution in [0.4, 0.5) is 5.69 Å². The molecule has 5 rings (SSSR count). The minimum absolute atomic E-state index is 0.0163. The number of fused-ring (bicyclic) bond motifs is 1. The van der Waals surface area contributed by atoms with E-state index in [1.807, 2.05) is 77.7 Å². The fourth-order valence-corrected chi connectivity index (χ4v) is 4.59. The van der Waals surface area contributed by atoms with Gasteiger partial charge in [0.15, 0.2) is 0 Å². The average Bonchev–Trinajstić information content (AvgIpc) is 2.83. The first-order chi connectivity index (χ1) is 15.6. The third-order valence-corrected chi connectivity index (χ3v) is 6.40. The molecule has 4 aromatic rings. The average molecular weight is 462 g/mol. The summed E-state index contributed by atoms with van der Waals surface area (Å²) in [5, 5.41) is 2.19. The predicted octanol–water partition coefficient (Wildman–Crippen LogP) is 6.17. The molecular weight excluding hydrogens is 441 g/mol. The summed E-state index contributed by atoms with van der Waals surface area (Å²) >= 11 is 12.6. The molecule has 0 unspecified atom stereocenters. The monoisotopic (exact) mass is 461 g/mol. The van der Waals surface area contributed by atoms with Crippen LogP contribution in [0.5, 0.6) is 0 Å². The number of carbonyl (C=O) groups is 1. The van der Waals surface area contributed by atoms with Gasteiger partial charge in [-0.3, -0.25) is 4.79 Å². The van der Waals surface area contributed by atoms with Crippen molar-refractivity contribution >= 4 is 45.7 Å². The summed E-state index contributed by atoms with van der Waals surface area (Å²) in [5.41, 5.74) is 4.04. The SMILES string of the molecule is O=C(c1cc(-c2ccccc2Cl)nc2ccccc12)N1CCN(c2cccc(Cl)c2)CC1. The predicted molar refractivity (Wildman–Crippen MR) is 132 cm³/mol. The molecule has 0 bridgehead atoms. The van der Waals surface area contributed by atoms with Gasteiger partial charge in [0.1, 0.15) is 0 Å². The van der Waals surface area contributed by atoms with E-state index in [2.05, 4.69) is 11.0 Å². The summed E-state index contributed by atoms with van der Waals surface area (Å²) in [7, 11) is 0. The van der Waals surface area contributed by atoms with Crippen LogP contribution in [0, 0.1) is 0 Å². The maximum absolute atomic E-state index is 13.6. The van der Waals surface area contributed by atoms with E-state index in [9.17, 15) is 4.79 Å². The molecule has 4 nitrogen and oxygen atoms in total. The number of benzene rings is 3. The van der Waals surface area contributed by atoms with Gasteiger partial charge in [-0.2, -0.15) is 0 Å². The molecule has 1 amide bonds. The van der Waals surface area contributed by atoms with E-state index in [1.54, 1.807) is 0 Å². The molecule has 0 atom stereocenters. The van der Waals surface area contributed by atoms with Gasteiger partial charge in [-0.15, -0.1) is 0 Å². The number of para-hydroxylation sites is 1. The number of piperazine rings is 1. The van der Waals surface area contributed by atoms with E-state index in [4.69, 9.17) is 28.2 Å². The van der Waals surface area contributed by atoms with Crippen LogP contribution < -0.4 is 4.90 Å². The maximum Gasteiger partial charge on any atom is 0.254 e. The lowest BCUT2D eigenvalue weighted by molar-refractivity contribution is 0.0748. The van der Waals surface area contributed by atoms with Crippen molar-refractivity contribution in [3.63, 3.8) is 0 Å². The fraction of sp³-hybridized carbons (Fsp3) is 0.154. The highest BCUT2D eigenvalue weighted by Gasteiger charge is 2.25. The van der Waals surface area contributed by atoms with Crippen molar-refractivity contribution < 1.29 is 4.79 Å². The number of halogens is 2. The van der Waals surface area contributed by atoms with Crippen molar-refractivity contribution in [2.75, 3.05) is 31.1 Å². The smallest absolute Gasteiger partial charge is 0.254 e. The summed E-state index contributed by atoms with van der Waals surface area (Å²) in [6.07, 6.45) is 0. The van der Waals surface area contributed by atoms with Crippen LogP contribution in [0.3, 0.4) is 0 Å². The second-order valence-corrected chi connectivity index (χ2v) is 8.65. The number of carbonyl (C=O) groups excluding carboxylic acids is 1. The topological polar surface area (TPSA) is 36.4 Å². The lowest BCUT2D eigenvalue weighted by Gasteiger charge is -2.36. The van der Waals surface area contributed by atoms with Gasteiger partial charge in [-0.1, -0.05) is 65.7 Å². The molecule has 0 spiro atoms. The Labute approximate surface area is 197 Å². The van der Waals surface area contributed by atoms with Crippen LogP contribution in [-0.2, 0) is 0 Å². The van der Waals surface area contributed by atoms with Gasteiger partial charge >= 0.3 is 0 Å². The highest BCUT2D eigenvalue weighted by atomic mass is 35.5. The van der Waals surface area contributed by atoms with Gasteiger partial charge in [0.25, 0.3) is 5.91 Å². The van der Waals surface area contributed by atoms with Crippen molar-refractivity contribution in [1.82, 2.24) is 9.88 Å². The highest BCUT2D eigenvalue weighted by molar-refractivity contribution is 6.33. The minimum Gasteiger partial charge on any atom is -0.368 e. The zero-order valence-electron chi connectivity index (χ0n) is 17.3. The third kappa shape index (κ3) is 4.04. The van der Waals surface area contributed by atoms with E-state index in [-0.39, 0.29) is 5.91 Å². The second kappa shape index (κ2) is 8.81. The molecule has 6 heteroatoms. The molecule has 0 aliphatic carbocycles. The Hall–Kier alpha value is -3.08. The zero-order valence-corrected chi connectivity index (χ0v) is 18.9. The Kier molecular flexibility index (Phi) is 5.73. The number of rotatable bonds is 3. The first-order valence-electron chi connectivity index (χ1n) is 10.5. The van der Waals surface area contributed by atoms with Crippen molar-refractivity contribution in [3.05, 3.63) is 94.5 Å². The first kappa shape index (κ1) is 20.8. The van der Waals surface area contributed by atoms with Gasteiger partial charge in [0.2, 0.25) is 0 Å². The lowest BCUT2D eigenvalue weighted by Crippen LogP contribution is -2.48. The largest absolute Gasteiger partial charge is 0.368 e. The first-order valence-corrected chi connectivity index (χ1v) is 11.3. The molecule has 32 heavy (non-hydrogen) atoms.